The van der Waals surface area contributed by atoms with Gasteiger partial charge >= 0.3 is 0 Å². The molecular formula is C15H11N5O. The third-order valence-electron chi connectivity index (χ3n) is 2.91. The van der Waals surface area contributed by atoms with E-state index in [4.69, 9.17) is 5.73 Å². The summed E-state index contributed by atoms with van der Waals surface area (Å²) >= 11 is 0. The molecule has 0 saturated carbocycles. The molecule has 0 aliphatic carbocycles. The highest BCUT2D eigenvalue weighted by Crippen LogP contribution is 2.23. The topological polar surface area (TPSA) is 94.7 Å². The second kappa shape index (κ2) is 5.46. The number of carbonyl (C=O) groups is 1. The van der Waals surface area contributed by atoms with Crippen molar-refractivity contribution >= 4 is 5.91 Å². The molecule has 0 fully saturated rings. The zero-order valence-electron chi connectivity index (χ0n) is 11.0. The molecule has 6 heteroatoms. The van der Waals surface area contributed by atoms with Crippen molar-refractivity contribution in [2.24, 2.45) is 5.73 Å². The molecule has 3 heterocycles. The second-order valence-corrected chi connectivity index (χ2v) is 4.30. The Hall–Kier alpha value is -3.15. The molecule has 1 amide bonds. The number of aromatic nitrogens is 4. The largest absolute Gasteiger partial charge is 0.364 e. The van der Waals surface area contributed by atoms with Gasteiger partial charge in [-0.25, -0.2) is 9.97 Å². The van der Waals surface area contributed by atoms with Crippen LogP contribution in [0.5, 0.6) is 0 Å². The van der Waals surface area contributed by atoms with E-state index in [0.717, 1.165) is 11.1 Å². The van der Waals surface area contributed by atoms with Gasteiger partial charge in [-0.05, 0) is 18.2 Å². The fourth-order valence-corrected chi connectivity index (χ4v) is 1.94. The molecule has 6 nitrogen and oxygen atoms in total. The van der Waals surface area contributed by atoms with Gasteiger partial charge in [-0.2, -0.15) is 0 Å². The van der Waals surface area contributed by atoms with Gasteiger partial charge in [0.2, 0.25) is 0 Å². The third kappa shape index (κ3) is 2.59. The molecular weight excluding hydrogens is 266 g/mol. The lowest BCUT2D eigenvalue weighted by Crippen LogP contribution is -2.15. The van der Waals surface area contributed by atoms with Crippen molar-refractivity contribution in [3.05, 3.63) is 60.9 Å². The number of nitrogens with two attached hydrogens (primary N) is 1. The van der Waals surface area contributed by atoms with E-state index in [1.165, 1.54) is 0 Å². The zero-order chi connectivity index (χ0) is 14.7. The number of hydrogen-bond donors (Lipinski definition) is 1. The summed E-state index contributed by atoms with van der Waals surface area (Å²) in [6.45, 7) is 0. The van der Waals surface area contributed by atoms with Crippen LogP contribution in [0.3, 0.4) is 0 Å². The summed E-state index contributed by atoms with van der Waals surface area (Å²) in [5.74, 6) is -0.203. The molecule has 0 bridgehead atoms. The van der Waals surface area contributed by atoms with Crippen LogP contribution in [0.1, 0.15) is 10.5 Å². The minimum absolute atomic E-state index is 0.164. The van der Waals surface area contributed by atoms with E-state index in [2.05, 4.69) is 19.9 Å². The Morgan fingerprint density at radius 1 is 0.952 bits per heavy atom. The van der Waals surface area contributed by atoms with Gasteiger partial charge in [-0.15, -0.1) is 0 Å². The summed E-state index contributed by atoms with van der Waals surface area (Å²) in [6, 6.07) is 7.19. The average molecular weight is 277 g/mol. The van der Waals surface area contributed by atoms with E-state index >= 15 is 0 Å². The average Bonchev–Trinajstić information content (AvgIpc) is 2.56. The minimum atomic E-state index is -0.610. The van der Waals surface area contributed by atoms with E-state index in [1.807, 2.05) is 12.1 Å². The molecule has 3 aromatic heterocycles. The highest BCUT2D eigenvalue weighted by atomic mass is 16.1. The second-order valence-electron chi connectivity index (χ2n) is 4.30. The van der Waals surface area contributed by atoms with Crippen molar-refractivity contribution < 1.29 is 4.79 Å². The van der Waals surface area contributed by atoms with Crippen LogP contribution in [-0.4, -0.2) is 25.8 Å². The SMILES string of the molecule is NC(=O)c1nc(-c2cccnc2)ncc1-c1cccnc1. The Bertz CT molecular complexity index is 775. The van der Waals surface area contributed by atoms with E-state index < -0.39 is 5.91 Å². The first kappa shape index (κ1) is 12.9. The summed E-state index contributed by atoms with van der Waals surface area (Å²) in [7, 11) is 0. The molecule has 0 atom stereocenters. The number of hydrogen-bond acceptors (Lipinski definition) is 5. The van der Waals surface area contributed by atoms with Crippen molar-refractivity contribution in [1.29, 1.82) is 0 Å². The third-order valence-corrected chi connectivity index (χ3v) is 2.91. The van der Waals surface area contributed by atoms with Crippen LogP contribution in [-0.2, 0) is 0 Å². The Kier molecular flexibility index (Phi) is 3.34. The van der Waals surface area contributed by atoms with Crippen LogP contribution in [0.15, 0.2) is 55.2 Å². The van der Waals surface area contributed by atoms with Crippen LogP contribution >= 0.6 is 0 Å². The molecule has 2 N–H and O–H groups in total. The van der Waals surface area contributed by atoms with E-state index in [-0.39, 0.29) is 5.69 Å². The molecule has 0 saturated heterocycles. The zero-order valence-corrected chi connectivity index (χ0v) is 11.0. The number of primary amides is 1. The minimum Gasteiger partial charge on any atom is -0.364 e. The maximum atomic E-state index is 11.7. The first-order valence-corrected chi connectivity index (χ1v) is 6.23. The summed E-state index contributed by atoms with van der Waals surface area (Å²) in [5, 5.41) is 0. The predicted molar refractivity (Wildman–Crippen MR) is 77.0 cm³/mol. The predicted octanol–water partition coefficient (Wildman–Crippen LogP) is 1.70. The first-order valence-electron chi connectivity index (χ1n) is 6.23. The van der Waals surface area contributed by atoms with Crippen molar-refractivity contribution in [3.8, 4) is 22.5 Å². The van der Waals surface area contributed by atoms with Crippen LogP contribution in [0, 0.1) is 0 Å². The Labute approximate surface area is 120 Å². The molecule has 0 radical (unpaired) electrons. The van der Waals surface area contributed by atoms with Gasteiger partial charge in [0.25, 0.3) is 5.91 Å². The monoisotopic (exact) mass is 277 g/mol. The smallest absolute Gasteiger partial charge is 0.268 e. The number of nitrogens with zero attached hydrogens (tertiary/aromatic N) is 4. The molecule has 0 spiro atoms. The molecule has 3 aromatic rings. The maximum absolute atomic E-state index is 11.7. The standard InChI is InChI=1S/C15H11N5O/c16-14(21)13-12(10-3-1-5-17-7-10)9-19-15(20-13)11-4-2-6-18-8-11/h1-9H,(H2,16,21). The van der Waals surface area contributed by atoms with Crippen molar-refractivity contribution in [3.63, 3.8) is 0 Å². The van der Waals surface area contributed by atoms with Gasteiger partial charge in [-0.3, -0.25) is 14.8 Å². The number of pyridine rings is 2. The van der Waals surface area contributed by atoms with Crippen molar-refractivity contribution in [2.75, 3.05) is 0 Å². The van der Waals surface area contributed by atoms with E-state index in [1.54, 1.807) is 43.1 Å². The van der Waals surface area contributed by atoms with Gasteiger partial charge in [0.1, 0.15) is 5.69 Å². The molecule has 102 valence electrons. The molecule has 0 aromatic carbocycles. The molecule has 21 heavy (non-hydrogen) atoms. The quantitative estimate of drug-likeness (QED) is 0.786. The summed E-state index contributed by atoms with van der Waals surface area (Å²) < 4.78 is 0. The molecule has 0 unspecified atom stereocenters. The highest BCUT2D eigenvalue weighted by Gasteiger charge is 2.15. The molecule has 0 aliphatic rings. The summed E-state index contributed by atoms with van der Waals surface area (Å²) in [6.07, 6.45) is 8.14. The van der Waals surface area contributed by atoms with Gasteiger partial charge < -0.3 is 5.73 Å². The normalized spacial score (nSPS) is 10.3. The van der Waals surface area contributed by atoms with Crippen molar-refractivity contribution in [1.82, 2.24) is 19.9 Å². The Balaban J connectivity index is 2.14. The summed E-state index contributed by atoms with van der Waals surface area (Å²) in [4.78, 5) is 28.3. The van der Waals surface area contributed by atoms with Crippen LogP contribution < -0.4 is 5.73 Å². The Morgan fingerprint density at radius 3 is 2.19 bits per heavy atom. The Morgan fingerprint density at radius 2 is 1.62 bits per heavy atom. The van der Waals surface area contributed by atoms with E-state index in [9.17, 15) is 4.79 Å². The maximum Gasteiger partial charge on any atom is 0.268 e. The summed E-state index contributed by atoms with van der Waals surface area (Å²) in [5.41, 5.74) is 7.62. The van der Waals surface area contributed by atoms with Gasteiger partial charge in [0.15, 0.2) is 5.82 Å². The van der Waals surface area contributed by atoms with Crippen LogP contribution in [0.4, 0.5) is 0 Å². The van der Waals surface area contributed by atoms with E-state index in [0.29, 0.717) is 11.4 Å². The lowest BCUT2D eigenvalue weighted by Gasteiger charge is -2.07. The lowest BCUT2D eigenvalue weighted by molar-refractivity contribution is 0.0996. The fraction of sp³-hybridized carbons (Fsp3) is 0. The first-order chi connectivity index (χ1) is 10.3. The van der Waals surface area contributed by atoms with Crippen LogP contribution in [0.25, 0.3) is 22.5 Å². The van der Waals surface area contributed by atoms with Gasteiger partial charge in [0, 0.05) is 47.7 Å². The fourth-order valence-electron chi connectivity index (χ4n) is 1.94. The molecule has 3 rings (SSSR count). The van der Waals surface area contributed by atoms with Crippen molar-refractivity contribution in [2.45, 2.75) is 0 Å². The number of carbonyl (C=O) groups excluding carboxylic acids is 1. The lowest BCUT2D eigenvalue weighted by atomic mass is 10.1. The molecule has 0 aliphatic heterocycles. The van der Waals surface area contributed by atoms with Gasteiger partial charge in [0.05, 0.1) is 0 Å². The van der Waals surface area contributed by atoms with Crippen LogP contribution in [0.2, 0.25) is 0 Å². The van der Waals surface area contributed by atoms with Gasteiger partial charge in [-0.1, -0.05) is 6.07 Å². The number of amides is 1. The number of rotatable bonds is 3. The highest BCUT2D eigenvalue weighted by molar-refractivity contribution is 5.98.